The highest BCUT2D eigenvalue weighted by atomic mass is 32.2. The predicted molar refractivity (Wildman–Crippen MR) is 95.6 cm³/mol. The lowest BCUT2D eigenvalue weighted by Gasteiger charge is -2.22. The first-order valence-electron chi connectivity index (χ1n) is 8.62. The minimum atomic E-state index is -3.58. The average molecular weight is 364 g/mol. The zero-order valence-corrected chi connectivity index (χ0v) is 15.5. The van der Waals surface area contributed by atoms with Crippen LogP contribution in [0.15, 0.2) is 29.4 Å². The molecule has 8 heteroatoms. The zero-order chi connectivity index (χ0) is 18.0. The molecule has 1 saturated heterocycles. The van der Waals surface area contributed by atoms with Crippen LogP contribution in [0.4, 0.5) is 0 Å². The van der Waals surface area contributed by atoms with Gasteiger partial charge in [0, 0.05) is 39.6 Å². The van der Waals surface area contributed by atoms with Crippen LogP contribution in [-0.2, 0) is 21.9 Å². The van der Waals surface area contributed by atoms with Crippen molar-refractivity contribution in [3.63, 3.8) is 0 Å². The van der Waals surface area contributed by atoms with Gasteiger partial charge in [0.05, 0.1) is 22.3 Å². The number of hydrogen-bond donors (Lipinski definition) is 0. The van der Waals surface area contributed by atoms with Crippen LogP contribution in [0, 0.1) is 0 Å². The molecule has 0 aliphatic carbocycles. The van der Waals surface area contributed by atoms with Gasteiger partial charge < -0.3 is 9.47 Å². The van der Waals surface area contributed by atoms with Crippen LogP contribution in [0.1, 0.15) is 26.2 Å². The number of sulfonamides is 1. The molecule has 25 heavy (non-hydrogen) atoms. The van der Waals surface area contributed by atoms with Crippen molar-refractivity contribution in [3.8, 4) is 0 Å². The van der Waals surface area contributed by atoms with Crippen LogP contribution < -0.4 is 0 Å². The van der Waals surface area contributed by atoms with Crippen LogP contribution in [-0.4, -0.2) is 59.3 Å². The van der Waals surface area contributed by atoms with Crippen molar-refractivity contribution in [2.24, 2.45) is 7.05 Å². The molecular weight excluding hydrogens is 340 g/mol. The van der Waals surface area contributed by atoms with Gasteiger partial charge in [0.15, 0.2) is 0 Å². The largest absolute Gasteiger partial charge is 0.341 e. The summed E-state index contributed by atoms with van der Waals surface area (Å²) in [7, 11) is -1.71. The summed E-state index contributed by atoms with van der Waals surface area (Å²) in [6, 6.07) is 5.03. The molecule has 1 aromatic carbocycles. The van der Waals surface area contributed by atoms with Crippen LogP contribution in [0.25, 0.3) is 11.0 Å². The summed E-state index contributed by atoms with van der Waals surface area (Å²) in [5.74, 6) is 0.108. The Bertz CT molecular complexity index is 875. The third-order valence-corrected chi connectivity index (χ3v) is 6.50. The lowest BCUT2D eigenvalue weighted by atomic mass is 10.3. The highest BCUT2D eigenvalue weighted by Crippen LogP contribution is 2.22. The smallest absolute Gasteiger partial charge is 0.243 e. The van der Waals surface area contributed by atoms with Gasteiger partial charge in [-0.15, -0.1) is 0 Å². The maximum absolute atomic E-state index is 13.0. The second-order valence-corrected chi connectivity index (χ2v) is 8.33. The summed E-state index contributed by atoms with van der Waals surface area (Å²) in [6.07, 6.45) is 3.65. The maximum atomic E-state index is 13.0. The molecule has 1 amide bonds. The molecule has 2 aromatic rings. The van der Waals surface area contributed by atoms with E-state index in [2.05, 4.69) is 4.98 Å². The van der Waals surface area contributed by atoms with Crippen molar-refractivity contribution < 1.29 is 13.2 Å². The number of nitrogens with zero attached hydrogens (tertiary/aromatic N) is 4. The van der Waals surface area contributed by atoms with Gasteiger partial charge in [0.2, 0.25) is 15.9 Å². The van der Waals surface area contributed by atoms with Crippen LogP contribution in [0.2, 0.25) is 0 Å². The van der Waals surface area contributed by atoms with Crippen molar-refractivity contribution in [3.05, 3.63) is 24.5 Å². The van der Waals surface area contributed by atoms with Gasteiger partial charge in [-0.3, -0.25) is 4.79 Å². The molecule has 1 aliphatic heterocycles. The molecule has 3 rings (SSSR count). The SMILES string of the molecule is CCCC(=O)N1CCCN(S(=O)(=O)c2ccc3c(c2)ncn3C)CC1. The Morgan fingerprint density at radius 1 is 1.20 bits per heavy atom. The molecule has 7 nitrogen and oxygen atoms in total. The van der Waals surface area contributed by atoms with Gasteiger partial charge in [0.1, 0.15) is 0 Å². The summed E-state index contributed by atoms with van der Waals surface area (Å²) in [6.45, 7) is 3.80. The van der Waals surface area contributed by atoms with E-state index in [4.69, 9.17) is 0 Å². The van der Waals surface area contributed by atoms with E-state index in [1.54, 1.807) is 29.4 Å². The maximum Gasteiger partial charge on any atom is 0.243 e. The van der Waals surface area contributed by atoms with Crippen LogP contribution in [0.5, 0.6) is 0 Å². The molecule has 2 heterocycles. The van der Waals surface area contributed by atoms with E-state index in [-0.39, 0.29) is 10.8 Å². The summed E-state index contributed by atoms with van der Waals surface area (Å²) < 4.78 is 29.3. The van der Waals surface area contributed by atoms with E-state index in [1.807, 2.05) is 18.5 Å². The highest BCUT2D eigenvalue weighted by molar-refractivity contribution is 7.89. The normalized spacial score (nSPS) is 17.0. The van der Waals surface area contributed by atoms with Gasteiger partial charge in [-0.2, -0.15) is 4.31 Å². The monoisotopic (exact) mass is 364 g/mol. The lowest BCUT2D eigenvalue weighted by molar-refractivity contribution is -0.131. The van der Waals surface area contributed by atoms with Gasteiger partial charge in [0.25, 0.3) is 0 Å². The molecule has 0 radical (unpaired) electrons. The fraction of sp³-hybridized carbons (Fsp3) is 0.529. The third kappa shape index (κ3) is 3.55. The molecule has 0 spiro atoms. The Kier molecular flexibility index (Phi) is 5.10. The zero-order valence-electron chi connectivity index (χ0n) is 14.7. The number of amides is 1. The number of carbonyl (C=O) groups is 1. The summed E-state index contributed by atoms with van der Waals surface area (Å²) >= 11 is 0. The molecule has 0 unspecified atom stereocenters. The van der Waals surface area contributed by atoms with E-state index >= 15 is 0 Å². The fourth-order valence-corrected chi connectivity index (χ4v) is 4.67. The van der Waals surface area contributed by atoms with Gasteiger partial charge in [-0.25, -0.2) is 13.4 Å². The minimum Gasteiger partial charge on any atom is -0.341 e. The average Bonchev–Trinajstić information content (AvgIpc) is 2.81. The van der Waals surface area contributed by atoms with Crippen molar-refractivity contribution in [2.45, 2.75) is 31.1 Å². The van der Waals surface area contributed by atoms with Crippen LogP contribution >= 0.6 is 0 Å². The number of rotatable bonds is 4. The number of benzene rings is 1. The number of aryl methyl sites for hydroxylation is 1. The van der Waals surface area contributed by atoms with E-state index in [0.717, 1.165) is 11.9 Å². The second-order valence-electron chi connectivity index (χ2n) is 6.39. The van der Waals surface area contributed by atoms with Crippen molar-refractivity contribution >= 4 is 27.0 Å². The second kappa shape index (κ2) is 7.13. The highest BCUT2D eigenvalue weighted by Gasteiger charge is 2.28. The van der Waals surface area contributed by atoms with E-state index in [0.29, 0.717) is 44.5 Å². The molecule has 0 bridgehead atoms. The molecule has 1 fully saturated rings. The quantitative estimate of drug-likeness (QED) is 0.826. The topological polar surface area (TPSA) is 75.5 Å². The number of fused-ring (bicyclic) bond motifs is 1. The minimum absolute atomic E-state index is 0.108. The molecule has 0 N–H and O–H groups in total. The molecule has 0 saturated carbocycles. The molecular formula is C17H24N4O3S. The Morgan fingerprint density at radius 2 is 2.00 bits per heavy atom. The Balaban J connectivity index is 1.80. The number of carbonyl (C=O) groups excluding carboxylic acids is 1. The molecule has 136 valence electrons. The van der Waals surface area contributed by atoms with Crippen molar-refractivity contribution in [1.29, 1.82) is 0 Å². The van der Waals surface area contributed by atoms with Crippen molar-refractivity contribution in [1.82, 2.24) is 18.8 Å². The van der Waals surface area contributed by atoms with E-state index in [1.165, 1.54) is 4.31 Å². The molecule has 1 aliphatic rings. The fourth-order valence-electron chi connectivity index (χ4n) is 3.18. The summed E-state index contributed by atoms with van der Waals surface area (Å²) in [5.41, 5.74) is 1.56. The molecule has 0 atom stereocenters. The number of hydrogen-bond acceptors (Lipinski definition) is 4. The third-order valence-electron chi connectivity index (χ3n) is 4.61. The first-order valence-corrected chi connectivity index (χ1v) is 10.1. The van der Waals surface area contributed by atoms with E-state index < -0.39 is 10.0 Å². The first-order chi connectivity index (χ1) is 11.9. The molecule has 1 aromatic heterocycles. The number of aromatic nitrogens is 2. The summed E-state index contributed by atoms with van der Waals surface area (Å²) in [5, 5.41) is 0. The Morgan fingerprint density at radius 3 is 2.76 bits per heavy atom. The van der Waals surface area contributed by atoms with Gasteiger partial charge in [-0.1, -0.05) is 6.92 Å². The standard InChI is InChI=1S/C17H24N4O3S/c1-3-5-17(22)20-8-4-9-21(11-10-20)25(23,24)14-6-7-16-15(12-14)18-13-19(16)2/h6-7,12-13H,3-5,8-11H2,1-2H3. The first kappa shape index (κ1) is 17.9. The van der Waals surface area contributed by atoms with Gasteiger partial charge in [-0.05, 0) is 31.0 Å². The Hall–Kier alpha value is -1.93. The lowest BCUT2D eigenvalue weighted by Crippen LogP contribution is -2.37. The van der Waals surface area contributed by atoms with E-state index in [9.17, 15) is 13.2 Å². The summed E-state index contributed by atoms with van der Waals surface area (Å²) in [4.78, 5) is 18.3. The van der Waals surface area contributed by atoms with Crippen molar-refractivity contribution in [2.75, 3.05) is 26.2 Å². The Labute approximate surface area is 148 Å². The number of imidazole rings is 1. The van der Waals surface area contributed by atoms with Crippen LogP contribution in [0.3, 0.4) is 0 Å². The predicted octanol–water partition coefficient (Wildman–Crippen LogP) is 1.60. The van der Waals surface area contributed by atoms with Gasteiger partial charge >= 0.3 is 0 Å².